The molecule has 0 bridgehead atoms. The monoisotopic (exact) mass is 407 g/mol. The summed E-state index contributed by atoms with van der Waals surface area (Å²) in [7, 11) is -1.35. The minimum absolute atomic E-state index is 0.0290. The first-order valence-electron chi connectivity index (χ1n) is 10.5. The molecule has 0 saturated carbocycles. The molecule has 0 aliphatic carbocycles. The number of sulfonamides is 1. The Labute approximate surface area is 169 Å². The quantitative estimate of drug-likeness (QED) is 0.787. The van der Waals surface area contributed by atoms with E-state index < -0.39 is 10.0 Å². The van der Waals surface area contributed by atoms with Gasteiger partial charge in [0.1, 0.15) is 0 Å². The Morgan fingerprint density at radius 3 is 2.39 bits per heavy atom. The molecule has 1 unspecified atom stereocenters. The van der Waals surface area contributed by atoms with Crippen molar-refractivity contribution in [3.63, 3.8) is 0 Å². The number of carbonyl (C=O) groups excluding carboxylic acids is 1. The zero-order chi connectivity index (χ0) is 20.1. The highest BCUT2D eigenvalue weighted by Crippen LogP contribution is 2.25. The van der Waals surface area contributed by atoms with Crippen LogP contribution in [0.4, 0.5) is 0 Å². The highest BCUT2D eigenvalue weighted by molar-refractivity contribution is 7.89. The van der Waals surface area contributed by atoms with Crippen LogP contribution in [-0.4, -0.2) is 62.8 Å². The van der Waals surface area contributed by atoms with Crippen LogP contribution in [0.1, 0.15) is 55.8 Å². The third-order valence-electron chi connectivity index (χ3n) is 6.14. The number of carbonyl (C=O) groups is 1. The van der Waals surface area contributed by atoms with Crippen molar-refractivity contribution in [2.45, 2.75) is 56.4 Å². The van der Waals surface area contributed by atoms with Gasteiger partial charge < -0.3 is 10.2 Å². The van der Waals surface area contributed by atoms with Crippen LogP contribution in [0.5, 0.6) is 0 Å². The molecule has 1 N–H and O–H groups in total. The summed E-state index contributed by atoms with van der Waals surface area (Å²) in [6.45, 7) is 5.46. The molecule has 0 aromatic heterocycles. The zero-order valence-corrected chi connectivity index (χ0v) is 17.9. The fourth-order valence-corrected chi connectivity index (χ4v) is 5.88. The average Bonchev–Trinajstić information content (AvgIpc) is 2.69. The predicted molar refractivity (Wildman–Crippen MR) is 111 cm³/mol. The third kappa shape index (κ3) is 5.13. The minimum atomic E-state index is -3.49. The van der Waals surface area contributed by atoms with Gasteiger partial charge in [0, 0.05) is 24.7 Å². The van der Waals surface area contributed by atoms with Crippen molar-refractivity contribution in [2.24, 2.45) is 5.92 Å². The van der Waals surface area contributed by atoms with Crippen LogP contribution < -0.4 is 5.32 Å². The maximum Gasteiger partial charge on any atom is 0.251 e. The third-order valence-corrected chi connectivity index (χ3v) is 8.17. The highest BCUT2D eigenvalue weighted by atomic mass is 32.2. The lowest BCUT2D eigenvalue weighted by Crippen LogP contribution is -2.41. The summed E-state index contributed by atoms with van der Waals surface area (Å²) in [6, 6.07) is 6.38. The van der Waals surface area contributed by atoms with E-state index in [9.17, 15) is 13.2 Å². The van der Waals surface area contributed by atoms with E-state index in [0.29, 0.717) is 24.6 Å². The van der Waals surface area contributed by atoms with Crippen LogP contribution in [0, 0.1) is 5.92 Å². The van der Waals surface area contributed by atoms with E-state index >= 15 is 0 Å². The molecule has 0 spiro atoms. The molecule has 28 heavy (non-hydrogen) atoms. The molecule has 0 radical (unpaired) electrons. The first-order chi connectivity index (χ1) is 13.4. The van der Waals surface area contributed by atoms with Crippen LogP contribution in [0.15, 0.2) is 29.2 Å². The molecular formula is C21H33N3O3S. The van der Waals surface area contributed by atoms with Gasteiger partial charge in [-0.15, -0.1) is 0 Å². The van der Waals surface area contributed by atoms with E-state index in [-0.39, 0.29) is 16.8 Å². The van der Waals surface area contributed by atoms with Crippen molar-refractivity contribution >= 4 is 15.9 Å². The predicted octanol–water partition coefficient (Wildman–Crippen LogP) is 2.71. The Hall–Kier alpha value is -1.44. The van der Waals surface area contributed by atoms with E-state index in [4.69, 9.17) is 0 Å². The second-order valence-corrected chi connectivity index (χ2v) is 10.2. The number of hydrogen-bond acceptors (Lipinski definition) is 4. The standard InChI is InChI=1S/C21H33N3O3S/c1-17-5-3-4-14-24(17)28(26,27)20-8-6-19(7-9-20)21(25)22-13-10-18-11-15-23(2)16-12-18/h6-9,17-18H,3-5,10-16H2,1-2H3,(H,22,25). The number of likely N-dealkylation sites (tertiary alicyclic amines) is 1. The summed E-state index contributed by atoms with van der Waals surface area (Å²) in [4.78, 5) is 15.0. The molecule has 6 nitrogen and oxygen atoms in total. The summed E-state index contributed by atoms with van der Waals surface area (Å²) >= 11 is 0. The van der Waals surface area contributed by atoms with E-state index in [1.54, 1.807) is 28.6 Å². The molecule has 2 aliphatic rings. The summed E-state index contributed by atoms with van der Waals surface area (Å²) in [5, 5.41) is 2.97. The SMILES string of the molecule is CC1CCCCN1S(=O)(=O)c1ccc(C(=O)NCCC2CCN(C)CC2)cc1. The largest absolute Gasteiger partial charge is 0.352 e. The van der Waals surface area contributed by atoms with Crippen molar-refractivity contribution in [1.29, 1.82) is 0 Å². The number of nitrogens with zero attached hydrogens (tertiary/aromatic N) is 2. The van der Waals surface area contributed by atoms with E-state index in [2.05, 4.69) is 17.3 Å². The van der Waals surface area contributed by atoms with Crippen molar-refractivity contribution < 1.29 is 13.2 Å². The van der Waals surface area contributed by atoms with Gasteiger partial charge in [-0.2, -0.15) is 4.31 Å². The van der Waals surface area contributed by atoms with Gasteiger partial charge in [-0.05, 0) is 89.3 Å². The molecule has 1 aromatic carbocycles. The van der Waals surface area contributed by atoms with Crippen LogP contribution in [0.2, 0.25) is 0 Å². The van der Waals surface area contributed by atoms with E-state index in [1.807, 2.05) is 6.92 Å². The van der Waals surface area contributed by atoms with Crippen molar-refractivity contribution in [2.75, 3.05) is 33.2 Å². The Morgan fingerprint density at radius 2 is 1.75 bits per heavy atom. The van der Waals surface area contributed by atoms with Crippen molar-refractivity contribution in [1.82, 2.24) is 14.5 Å². The lowest BCUT2D eigenvalue weighted by Gasteiger charge is -2.32. The minimum Gasteiger partial charge on any atom is -0.352 e. The van der Waals surface area contributed by atoms with Crippen LogP contribution in [0.3, 0.4) is 0 Å². The Kier molecular flexibility index (Phi) is 7.12. The number of hydrogen-bond donors (Lipinski definition) is 1. The molecule has 1 atom stereocenters. The topological polar surface area (TPSA) is 69.7 Å². The Morgan fingerprint density at radius 1 is 1.07 bits per heavy atom. The second-order valence-electron chi connectivity index (χ2n) is 8.28. The smallest absolute Gasteiger partial charge is 0.251 e. The van der Waals surface area contributed by atoms with Gasteiger partial charge in [0.25, 0.3) is 5.91 Å². The highest BCUT2D eigenvalue weighted by Gasteiger charge is 2.30. The van der Waals surface area contributed by atoms with Gasteiger partial charge in [-0.25, -0.2) is 8.42 Å². The second kappa shape index (κ2) is 9.37. The molecule has 7 heteroatoms. The summed E-state index contributed by atoms with van der Waals surface area (Å²) in [6.07, 6.45) is 6.25. The molecular weight excluding hydrogens is 374 g/mol. The van der Waals surface area contributed by atoms with Crippen LogP contribution in [0.25, 0.3) is 0 Å². The number of amides is 1. The first-order valence-corrected chi connectivity index (χ1v) is 11.9. The molecule has 1 amide bonds. The molecule has 2 aliphatic heterocycles. The summed E-state index contributed by atoms with van der Waals surface area (Å²) in [5.74, 6) is 0.541. The Balaban J connectivity index is 1.54. The van der Waals surface area contributed by atoms with Gasteiger partial charge >= 0.3 is 0 Å². The maximum atomic E-state index is 12.9. The van der Waals surface area contributed by atoms with Crippen molar-refractivity contribution in [3.05, 3.63) is 29.8 Å². The van der Waals surface area contributed by atoms with Gasteiger partial charge in [-0.1, -0.05) is 6.42 Å². The normalized spacial score (nSPS) is 22.9. The molecule has 1 aromatic rings. The zero-order valence-electron chi connectivity index (χ0n) is 17.1. The lowest BCUT2D eigenvalue weighted by molar-refractivity contribution is 0.0949. The van der Waals surface area contributed by atoms with Crippen molar-refractivity contribution in [3.8, 4) is 0 Å². The molecule has 2 saturated heterocycles. The number of nitrogens with one attached hydrogen (secondary N) is 1. The summed E-state index contributed by atoms with van der Waals surface area (Å²) < 4.78 is 27.3. The number of piperidine rings is 2. The average molecular weight is 408 g/mol. The van der Waals surface area contributed by atoms with E-state index in [0.717, 1.165) is 38.8 Å². The molecule has 2 fully saturated rings. The fraction of sp³-hybridized carbons (Fsp3) is 0.667. The lowest BCUT2D eigenvalue weighted by atomic mass is 9.94. The van der Waals surface area contributed by atoms with Gasteiger partial charge in [0.2, 0.25) is 10.0 Å². The van der Waals surface area contributed by atoms with Gasteiger partial charge in [0.05, 0.1) is 4.90 Å². The number of rotatable bonds is 6. The van der Waals surface area contributed by atoms with E-state index in [1.165, 1.54) is 12.8 Å². The fourth-order valence-electron chi connectivity index (χ4n) is 4.19. The molecule has 3 rings (SSSR count). The van der Waals surface area contributed by atoms with Gasteiger partial charge in [-0.3, -0.25) is 4.79 Å². The van der Waals surface area contributed by atoms with Crippen LogP contribution >= 0.6 is 0 Å². The van der Waals surface area contributed by atoms with Gasteiger partial charge in [0.15, 0.2) is 0 Å². The Bertz CT molecular complexity index is 756. The molecule has 156 valence electrons. The first kappa shape index (κ1) is 21.3. The van der Waals surface area contributed by atoms with Crippen LogP contribution in [-0.2, 0) is 10.0 Å². The summed E-state index contributed by atoms with van der Waals surface area (Å²) in [5.41, 5.74) is 0.508. The molecule has 2 heterocycles. The maximum absolute atomic E-state index is 12.9. The number of benzene rings is 1.